The summed E-state index contributed by atoms with van der Waals surface area (Å²) in [5, 5.41) is 12.2. The number of benzene rings is 2. The Kier molecular flexibility index (Phi) is 4.13. The number of hydrogen-bond acceptors (Lipinski definition) is 5. The van der Waals surface area contributed by atoms with Crippen LogP contribution in [0.25, 0.3) is 22.6 Å². The average molecular weight is 361 g/mol. The monoisotopic (exact) mass is 361 g/mol. The number of carbonyl (C=O) groups is 1. The summed E-state index contributed by atoms with van der Waals surface area (Å²) in [6.45, 7) is 0.316. The standard InChI is InChI=1S/C19H15N5O3/c25-11-20-17-15-18(23-16(22-17)13-7-4-8-14(26)9-13)24(19(27)21-15)10-12-5-2-1-3-6-12/h1-9,11,26H,10H2,(H,21,27)(H,20,22,23,25). The first-order valence-corrected chi connectivity index (χ1v) is 8.20. The molecule has 0 aliphatic carbocycles. The summed E-state index contributed by atoms with van der Waals surface area (Å²) in [7, 11) is 0. The number of carbonyl (C=O) groups excluding carboxylic acids is 1. The lowest BCUT2D eigenvalue weighted by Crippen LogP contribution is -2.17. The molecule has 0 bridgehead atoms. The number of rotatable bonds is 5. The fourth-order valence-corrected chi connectivity index (χ4v) is 2.88. The summed E-state index contributed by atoms with van der Waals surface area (Å²) >= 11 is 0. The molecule has 4 rings (SSSR count). The average Bonchev–Trinajstić information content (AvgIpc) is 2.99. The Hall–Kier alpha value is -3.94. The molecule has 0 atom stereocenters. The summed E-state index contributed by atoms with van der Waals surface area (Å²) in [6.07, 6.45) is 0.487. The zero-order valence-corrected chi connectivity index (χ0v) is 14.1. The van der Waals surface area contributed by atoms with Crippen LogP contribution in [0, 0.1) is 0 Å². The van der Waals surface area contributed by atoms with Crippen molar-refractivity contribution in [2.45, 2.75) is 6.54 Å². The van der Waals surface area contributed by atoms with Gasteiger partial charge >= 0.3 is 5.69 Å². The van der Waals surface area contributed by atoms with Gasteiger partial charge in [-0.2, -0.15) is 0 Å². The van der Waals surface area contributed by atoms with Gasteiger partial charge in [-0.3, -0.25) is 9.36 Å². The summed E-state index contributed by atoms with van der Waals surface area (Å²) in [4.78, 5) is 35.0. The molecule has 0 saturated carbocycles. The minimum absolute atomic E-state index is 0.0665. The van der Waals surface area contributed by atoms with E-state index in [-0.39, 0.29) is 23.1 Å². The molecule has 2 heterocycles. The highest BCUT2D eigenvalue weighted by Gasteiger charge is 2.16. The second kappa shape index (κ2) is 6.75. The first-order valence-electron chi connectivity index (χ1n) is 8.20. The van der Waals surface area contributed by atoms with Gasteiger partial charge in [0.2, 0.25) is 6.41 Å². The van der Waals surface area contributed by atoms with Crippen LogP contribution in [0.1, 0.15) is 5.56 Å². The summed E-state index contributed by atoms with van der Waals surface area (Å²) in [5.74, 6) is 0.539. The number of phenols is 1. The maximum absolute atomic E-state index is 12.5. The molecule has 0 saturated heterocycles. The van der Waals surface area contributed by atoms with E-state index < -0.39 is 0 Å². The second-order valence-corrected chi connectivity index (χ2v) is 5.91. The van der Waals surface area contributed by atoms with Crippen molar-refractivity contribution in [2.24, 2.45) is 0 Å². The second-order valence-electron chi connectivity index (χ2n) is 5.91. The number of H-pyrrole nitrogens is 1. The number of imidazole rings is 1. The molecule has 8 heteroatoms. The Morgan fingerprint density at radius 2 is 1.93 bits per heavy atom. The Morgan fingerprint density at radius 3 is 2.67 bits per heavy atom. The van der Waals surface area contributed by atoms with Crippen LogP contribution in [0.3, 0.4) is 0 Å². The van der Waals surface area contributed by atoms with Crippen LogP contribution in [0.2, 0.25) is 0 Å². The highest BCUT2D eigenvalue weighted by atomic mass is 16.3. The number of nitrogens with zero attached hydrogens (tertiary/aromatic N) is 3. The van der Waals surface area contributed by atoms with Crippen molar-refractivity contribution < 1.29 is 9.90 Å². The zero-order chi connectivity index (χ0) is 18.8. The number of fused-ring (bicyclic) bond motifs is 1. The van der Waals surface area contributed by atoms with Gasteiger partial charge in [0.15, 0.2) is 17.3 Å². The molecule has 1 amide bonds. The lowest BCUT2D eigenvalue weighted by Gasteiger charge is -2.07. The van der Waals surface area contributed by atoms with Gasteiger partial charge in [-0.25, -0.2) is 14.8 Å². The van der Waals surface area contributed by atoms with Gasteiger partial charge in [0, 0.05) is 5.56 Å². The van der Waals surface area contributed by atoms with Crippen LogP contribution in [-0.2, 0) is 11.3 Å². The molecule has 3 N–H and O–H groups in total. The minimum Gasteiger partial charge on any atom is -0.508 e. The maximum Gasteiger partial charge on any atom is 0.328 e. The number of amides is 1. The molecular weight excluding hydrogens is 346 g/mol. The van der Waals surface area contributed by atoms with Crippen molar-refractivity contribution in [2.75, 3.05) is 5.32 Å². The molecule has 0 unspecified atom stereocenters. The topological polar surface area (TPSA) is 113 Å². The van der Waals surface area contributed by atoms with E-state index in [0.717, 1.165) is 5.56 Å². The van der Waals surface area contributed by atoms with E-state index in [1.807, 2.05) is 30.3 Å². The number of phenolic OH excluding ortho intramolecular Hbond substituents is 1. The van der Waals surface area contributed by atoms with Crippen LogP contribution in [0.15, 0.2) is 59.4 Å². The predicted octanol–water partition coefficient (Wildman–Crippen LogP) is 2.11. The van der Waals surface area contributed by atoms with Gasteiger partial charge < -0.3 is 15.4 Å². The predicted molar refractivity (Wildman–Crippen MR) is 100 cm³/mol. The minimum atomic E-state index is -0.356. The number of aromatic nitrogens is 4. The molecule has 27 heavy (non-hydrogen) atoms. The van der Waals surface area contributed by atoms with Gasteiger partial charge in [-0.15, -0.1) is 0 Å². The molecule has 134 valence electrons. The van der Waals surface area contributed by atoms with E-state index >= 15 is 0 Å². The van der Waals surface area contributed by atoms with E-state index in [2.05, 4.69) is 20.3 Å². The van der Waals surface area contributed by atoms with Crippen molar-refractivity contribution in [1.82, 2.24) is 19.5 Å². The quantitative estimate of drug-likeness (QED) is 0.471. The fraction of sp³-hybridized carbons (Fsp3) is 0.0526. The van der Waals surface area contributed by atoms with Gasteiger partial charge in [0.25, 0.3) is 0 Å². The largest absolute Gasteiger partial charge is 0.508 e. The Labute approximate surface area is 153 Å². The molecule has 0 aliphatic heterocycles. The van der Waals surface area contributed by atoms with Crippen molar-refractivity contribution >= 4 is 23.4 Å². The maximum atomic E-state index is 12.5. The third-order valence-corrected chi connectivity index (χ3v) is 4.11. The third-order valence-electron chi connectivity index (χ3n) is 4.11. The highest BCUT2D eigenvalue weighted by Crippen LogP contribution is 2.25. The van der Waals surface area contributed by atoms with E-state index in [0.29, 0.717) is 29.7 Å². The number of nitrogens with one attached hydrogen (secondary N) is 2. The highest BCUT2D eigenvalue weighted by molar-refractivity contribution is 5.90. The lowest BCUT2D eigenvalue weighted by atomic mass is 10.2. The smallest absolute Gasteiger partial charge is 0.328 e. The van der Waals surface area contributed by atoms with E-state index in [4.69, 9.17) is 0 Å². The molecule has 4 aromatic rings. The Balaban J connectivity index is 1.93. The summed E-state index contributed by atoms with van der Waals surface area (Å²) < 4.78 is 1.48. The molecule has 0 aliphatic rings. The number of aromatic hydroxyl groups is 1. The fourth-order valence-electron chi connectivity index (χ4n) is 2.88. The van der Waals surface area contributed by atoms with Gasteiger partial charge in [-0.1, -0.05) is 42.5 Å². The molecular formula is C19H15N5O3. The SMILES string of the molecule is O=CNc1nc(-c2cccc(O)c2)nc2c1[nH]c(=O)n2Cc1ccccc1. The van der Waals surface area contributed by atoms with Crippen LogP contribution in [0.5, 0.6) is 5.75 Å². The molecule has 2 aromatic heterocycles. The van der Waals surface area contributed by atoms with E-state index in [1.165, 1.54) is 16.7 Å². The van der Waals surface area contributed by atoms with Crippen LogP contribution >= 0.6 is 0 Å². The van der Waals surface area contributed by atoms with Crippen molar-refractivity contribution in [3.63, 3.8) is 0 Å². The molecule has 8 nitrogen and oxygen atoms in total. The third kappa shape index (κ3) is 3.15. The molecule has 0 spiro atoms. The van der Waals surface area contributed by atoms with Gasteiger partial charge in [-0.05, 0) is 17.7 Å². The first kappa shape index (κ1) is 16.5. The number of hydrogen-bond donors (Lipinski definition) is 3. The zero-order valence-electron chi connectivity index (χ0n) is 14.1. The number of aromatic amines is 1. The van der Waals surface area contributed by atoms with E-state index in [1.54, 1.807) is 12.1 Å². The molecule has 2 aromatic carbocycles. The Morgan fingerprint density at radius 1 is 1.11 bits per heavy atom. The van der Waals surface area contributed by atoms with Crippen molar-refractivity contribution in [1.29, 1.82) is 0 Å². The summed E-state index contributed by atoms with van der Waals surface area (Å²) in [5.41, 5.74) is 1.84. The number of anilines is 1. The Bertz CT molecular complexity index is 1180. The van der Waals surface area contributed by atoms with Crippen molar-refractivity contribution in [3.8, 4) is 17.1 Å². The van der Waals surface area contributed by atoms with Crippen LogP contribution in [0.4, 0.5) is 5.82 Å². The first-order chi connectivity index (χ1) is 13.2. The molecule has 0 radical (unpaired) electrons. The lowest BCUT2D eigenvalue weighted by molar-refractivity contribution is -0.105. The van der Waals surface area contributed by atoms with Gasteiger partial charge in [0.05, 0.1) is 6.54 Å². The normalized spacial score (nSPS) is 10.8. The summed E-state index contributed by atoms with van der Waals surface area (Å²) in [6, 6.07) is 15.9. The van der Waals surface area contributed by atoms with Crippen molar-refractivity contribution in [3.05, 3.63) is 70.6 Å². The molecule has 0 fully saturated rings. The van der Waals surface area contributed by atoms with Gasteiger partial charge in [0.1, 0.15) is 11.3 Å². The van der Waals surface area contributed by atoms with E-state index in [9.17, 15) is 14.7 Å². The van der Waals surface area contributed by atoms with Crippen LogP contribution < -0.4 is 11.0 Å². The van der Waals surface area contributed by atoms with Crippen LogP contribution in [-0.4, -0.2) is 31.0 Å².